The topological polar surface area (TPSA) is 89.2 Å². The summed E-state index contributed by atoms with van der Waals surface area (Å²) < 4.78 is 0. The van der Waals surface area contributed by atoms with Crippen molar-refractivity contribution in [1.82, 2.24) is 5.06 Å². The monoisotopic (exact) mass is 441 g/mol. The van der Waals surface area contributed by atoms with E-state index in [2.05, 4.69) is 9.98 Å². The third kappa shape index (κ3) is 5.42. The van der Waals surface area contributed by atoms with Gasteiger partial charge in [0, 0.05) is 10.6 Å². The van der Waals surface area contributed by atoms with Gasteiger partial charge in [-0.3, -0.25) is 4.84 Å². The van der Waals surface area contributed by atoms with Crippen molar-refractivity contribution >= 4 is 63.9 Å². The molecule has 0 saturated heterocycles. The van der Waals surface area contributed by atoms with Gasteiger partial charge in [-0.1, -0.05) is 23.2 Å². The summed E-state index contributed by atoms with van der Waals surface area (Å²) in [6.45, 7) is 4.11. The Kier molecular flexibility index (Phi) is 7.47. The highest BCUT2D eigenvalue weighted by atomic mass is 79.9. The molecule has 0 aliphatic carbocycles. The molecule has 1 heterocycles. The lowest BCUT2D eigenvalue weighted by Crippen LogP contribution is -2.53. The van der Waals surface area contributed by atoms with Crippen molar-refractivity contribution < 1.29 is 4.84 Å². The summed E-state index contributed by atoms with van der Waals surface area (Å²) in [5.41, 5.74) is 10.7. The number of guanidine groups is 2. The third-order valence-corrected chi connectivity index (χ3v) is 4.48. The SMILES string of the molecule is Br.CC1(C)N=C(N)N=C(N)N1OCCSc1ccc(Cl)c(Cl)c1. The zero-order valence-electron chi connectivity index (χ0n) is 12.6. The van der Waals surface area contributed by atoms with Gasteiger partial charge < -0.3 is 11.5 Å². The van der Waals surface area contributed by atoms with Gasteiger partial charge in [0.15, 0.2) is 5.66 Å². The Balaban J connectivity index is 0.00000264. The van der Waals surface area contributed by atoms with E-state index >= 15 is 0 Å². The summed E-state index contributed by atoms with van der Waals surface area (Å²) in [6.07, 6.45) is 0. The Morgan fingerprint density at radius 2 is 1.96 bits per heavy atom. The number of nitrogens with zero attached hydrogens (tertiary/aromatic N) is 3. The highest BCUT2D eigenvalue weighted by Gasteiger charge is 2.32. The number of aliphatic imine (C=N–C) groups is 2. The van der Waals surface area contributed by atoms with E-state index < -0.39 is 5.66 Å². The van der Waals surface area contributed by atoms with Crippen molar-refractivity contribution in [2.45, 2.75) is 24.4 Å². The third-order valence-electron chi connectivity index (χ3n) is 2.79. The maximum Gasteiger partial charge on any atom is 0.226 e. The van der Waals surface area contributed by atoms with Gasteiger partial charge >= 0.3 is 0 Å². The number of benzene rings is 1. The second-order valence-corrected chi connectivity index (χ2v) is 6.97. The predicted octanol–water partition coefficient (Wildman–Crippen LogP) is 3.28. The van der Waals surface area contributed by atoms with Gasteiger partial charge in [0.25, 0.3) is 0 Å². The van der Waals surface area contributed by atoms with Gasteiger partial charge in [0.1, 0.15) is 0 Å². The molecule has 1 aromatic carbocycles. The van der Waals surface area contributed by atoms with Crippen molar-refractivity contribution in [1.29, 1.82) is 0 Å². The lowest BCUT2D eigenvalue weighted by atomic mass is 10.2. The second kappa shape index (κ2) is 8.43. The Labute approximate surface area is 160 Å². The molecule has 0 unspecified atom stereocenters. The Morgan fingerprint density at radius 1 is 1.26 bits per heavy atom. The minimum absolute atomic E-state index is 0. The van der Waals surface area contributed by atoms with Crippen LogP contribution in [0.3, 0.4) is 0 Å². The fourth-order valence-corrected chi connectivity index (χ4v) is 2.99. The molecule has 0 amide bonds. The van der Waals surface area contributed by atoms with Crippen LogP contribution in [-0.4, -0.2) is 35.0 Å². The van der Waals surface area contributed by atoms with E-state index in [0.29, 0.717) is 22.4 Å². The second-order valence-electron chi connectivity index (χ2n) is 4.99. The Hall–Kier alpha value is -0.670. The van der Waals surface area contributed by atoms with Crippen LogP contribution in [0.25, 0.3) is 0 Å². The minimum Gasteiger partial charge on any atom is -0.368 e. The summed E-state index contributed by atoms with van der Waals surface area (Å²) >= 11 is 13.5. The summed E-state index contributed by atoms with van der Waals surface area (Å²) in [5, 5.41) is 2.53. The first-order valence-electron chi connectivity index (χ1n) is 6.50. The first kappa shape index (κ1) is 20.4. The molecule has 1 aromatic rings. The van der Waals surface area contributed by atoms with E-state index in [1.54, 1.807) is 17.8 Å². The molecule has 10 heteroatoms. The van der Waals surface area contributed by atoms with Gasteiger partial charge in [0.2, 0.25) is 11.9 Å². The van der Waals surface area contributed by atoms with Crippen LogP contribution < -0.4 is 11.5 Å². The van der Waals surface area contributed by atoms with E-state index in [0.717, 1.165) is 4.90 Å². The van der Waals surface area contributed by atoms with Gasteiger partial charge in [0.05, 0.1) is 16.7 Å². The van der Waals surface area contributed by atoms with Crippen LogP contribution in [0.5, 0.6) is 0 Å². The van der Waals surface area contributed by atoms with Crippen molar-refractivity contribution in [2.75, 3.05) is 12.4 Å². The van der Waals surface area contributed by atoms with Gasteiger partial charge in [-0.15, -0.1) is 28.7 Å². The van der Waals surface area contributed by atoms with E-state index in [9.17, 15) is 0 Å². The average Bonchev–Trinajstić information content (AvgIpc) is 2.40. The summed E-state index contributed by atoms with van der Waals surface area (Å²) in [6, 6.07) is 5.49. The van der Waals surface area contributed by atoms with Crippen molar-refractivity contribution in [3.05, 3.63) is 28.2 Å². The van der Waals surface area contributed by atoms with E-state index in [4.69, 9.17) is 39.5 Å². The molecule has 0 radical (unpaired) electrons. The maximum absolute atomic E-state index is 5.97. The molecule has 1 aliphatic rings. The number of halogens is 3. The van der Waals surface area contributed by atoms with Crippen LogP contribution in [-0.2, 0) is 4.84 Å². The quantitative estimate of drug-likeness (QED) is 0.539. The fourth-order valence-electron chi connectivity index (χ4n) is 1.87. The van der Waals surface area contributed by atoms with Crippen LogP contribution >= 0.6 is 51.9 Å². The number of rotatable bonds is 5. The standard InChI is InChI=1S/C13H17Cl2N5OS.BrH/c1-13(2)19-11(16)18-12(17)20(13)21-5-6-22-8-3-4-9(14)10(15)7-8;/h3-4,7H,5-6H2,1-2H3,(H4,16,17,18,19);1H. The normalized spacial score (nSPS) is 16.4. The molecule has 6 nitrogen and oxygen atoms in total. The summed E-state index contributed by atoms with van der Waals surface area (Å²) in [7, 11) is 0. The number of hydrogen-bond donors (Lipinski definition) is 2. The Morgan fingerprint density at radius 3 is 2.57 bits per heavy atom. The molecule has 128 valence electrons. The minimum atomic E-state index is -0.690. The zero-order valence-corrected chi connectivity index (χ0v) is 16.7. The first-order chi connectivity index (χ1) is 10.3. The fraction of sp³-hybridized carbons (Fsp3) is 0.385. The molecule has 0 atom stereocenters. The molecule has 23 heavy (non-hydrogen) atoms. The highest BCUT2D eigenvalue weighted by Crippen LogP contribution is 2.28. The molecule has 0 saturated carbocycles. The van der Waals surface area contributed by atoms with E-state index in [1.807, 2.05) is 26.0 Å². The van der Waals surface area contributed by atoms with Crippen LogP contribution in [0.4, 0.5) is 0 Å². The lowest BCUT2D eigenvalue weighted by molar-refractivity contribution is -0.151. The van der Waals surface area contributed by atoms with E-state index in [1.165, 1.54) is 5.06 Å². The van der Waals surface area contributed by atoms with Crippen molar-refractivity contribution in [3.8, 4) is 0 Å². The predicted molar refractivity (Wildman–Crippen MR) is 103 cm³/mol. The largest absolute Gasteiger partial charge is 0.368 e. The molecule has 1 aliphatic heterocycles. The number of thioether (sulfide) groups is 1. The molecule has 0 spiro atoms. The Bertz CT molecular complexity index is 626. The molecular weight excluding hydrogens is 425 g/mol. The molecular formula is C13H18BrCl2N5OS. The van der Waals surface area contributed by atoms with Crippen LogP contribution in [0.2, 0.25) is 10.0 Å². The van der Waals surface area contributed by atoms with Gasteiger partial charge in [-0.05, 0) is 32.0 Å². The number of hydroxylamine groups is 2. The molecule has 0 fully saturated rings. The van der Waals surface area contributed by atoms with E-state index in [-0.39, 0.29) is 28.9 Å². The molecule has 2 rings (SSSR count). The van der Waals surface area contributed by atoms with Gasteiger partial charge in [-0.2, -0.15) is 10.1 Å². The first-order valence-corrected chi connectivity index (χ1v) is 8.24. The lowest BCUT2D eigenvalue weighted by Gasteiger charge is -2.36. The molecule has 0 aromatic heterocycles. The summed E-state index contributed by atoms with van der Waals surface area (Å²) in [5.74, 6) is 1.04. The number of nitrogens with two attached hydrogens (primary N) is 2. The maximum atomic E-state index is 5.97. The molecule has 4 N–H and O–H groups in total. The van der Waals surface area contributed by atoms with Crippen LogP contribution in [0, 0.1) is 0 Å². The number of hydrogen-bond acceptors (Lipinski definition) is 7. The smallest absolute Gasteiger partial charge is 0.226 e. The van der Waals surface area contributed by atoms with Gasteiger partial charge in [-0.25, -0.2) is 4.99 Å². The van der Waals surface area contributed by atoms with Crippen LogP contribution in [0.15, 0.2) is 33.1 Å². The highest BCUT2D eigenvalue weighted by molar-refractivity contribution is 8.93. The van der Waals surface area contributed by atoms with Crippen molar-refractivity contribution in [2.24, 2.45) is 21.5 Å². The van der Waals surface area contributed by atoms with Crippen molar-refractivity contribution in [3.63, 3.8) is 0 Å². The molecule has 0 bridgehead atoms. The average molecular weight is 443 g/mol. The van der Waals surface area contributed by atoms with Crippen LogP contribution in [0.1, 0.15) is 13.8 Å². The summed E-state index contributed by atoms with van der Waals surface area (Å²) in [4.78, 5) is 14.8. The zero-order chi connectivity index (χ0) is 16.3.